The molecule has 1 saturated heterocycles. The van der Waals surface area contributed by atoms with Gasteiger partial charge >= 0.3 is 0 Å². The summed E-state index contributed by atoms with van der Waals surface area (Å²) in [5.74, 6) is -0.148. The van der Waals surface area contributed by atoms with Crippen molar-refractivity contribution in [1.82, 2.24) is 9.88 Å². The first-order valence-electron chi connectivity index (χ1n) is 6.30. The van der Waals surface area contributed by atoms with Crippen LogP contribution in [-0.4, -0.2) is 51.3 Å². The Morgan fingerprint density at radius 1 is 1.26 bits per heavy atom. The van der Waals surface area contributed by atoms with E-state index >= 15 is 0 Å². The number of aliphatic hydroxyl groups is 2. The van der Waals surface area contributed by atoms with Gasteiger partial charge in [0.15, 0.2) is 0 Å². The van der Waals surface area contributed by atoms with Crippen LogP contribution in [0.1, 0.15) is 16.1 Å². The number of likely N-dealkylation sites (tertiary alicyclic amines) is 1. The summed E-state index contributed by atoms with van der Waals surface area (Å²) in [5, 5.41) is 20.0. The third kappa shape index (κ3) is 1.91. The molecule has 0 bridgehead atoms. The van der Waals surface area contributed by atoms with Crippen molar-refractivity contribution in [3.05, 3.63) is 35.5 Å². The fourth-order valence-electron chi connectivity index (χ4n) is 2.65. The van der Waals surface area contributed by atoms with Gasteiger partial charge in [-0.3, -0.25) is 4.79 Å². The molecule has 2 aromatic rings. The fraction of sp³-hybridized carbons (Fsp3) is 0.357. The number of aromatic nitrogens is 1. The highest BCUT2D eigenvalue weighted by Crippen LogP contribution is 2.24. The molecule has 1 aliphatic heterocycles. The lowest BCUT2D eigenvalue weighted by Crippen LogP contribution is -2.30. The normalized spacial score (nSPS) is 23.2. The average molecular weight is 260 g/mol. The minimum absolute atomic E-state index is 0.148. The van der Waals surface area contributed by atoms with Crippen LogP contribution in [0.5, 0.6) is 0 Å². The van der Waals surface area contributed by atoms with E-state index in [-0.39, 0.29) is 19.0 Å². The van der Waals surface area contributed by atoms with Gasteiger partial charge in [0.25, 0.3) is 5.91 Å². The maximum Gasteiger partial charge on any atom is 0.256 e. The Balaban J connectivity index is 2.00. The number of nitrogens with one attached hydrogen (secondary N) is 1. The summed E-state index contributed by atoms with van der Waals surface area (Å²) < 4.78 is 0. The molecule has 5 heteroatoms. The van der Waals surface area contributed by atoms with Crippen LogP contribution >= 0.6 is 0 Å². The summed E-state index contributed by atoms with van der Waals surface area (Å²) in [6, 6.07) is 7.62. The molecule has 1 amide bonds. The van der Waals surface area contributed by atoms with E-state index in [1.807, 2.05) is 31.2 Å². The molecule has 1 aromatic carbocycles. The topological polar surface area (TPSA) is 76.6 Å². The number of carbonyl (C=O) groups excluding carboxylic acids is 1. The van der Waals surface area contributed by atoms with Gasteiger partial charge in [0.05, 0.1) is 17.8 Å². The van der Waals surface area contributed by atoms with Crippen molar-refractivity contribution in [2.75, 3.05) is 13.1 Å². The zero-order valence-corrected chi connectivity index (χ0v) is 10.6. The summed E-state index contributed by atoms with van der Waals surface area (Å²) in [7, 11) is 0. The van der Waals surface area contributed by atoms with Crippen LogP contribution in [0.3, 0.4) is 0 Å². The lowest BCUT2D eigenvalue weighted by Gasteiger charge is -2.15. The first kappa shape index (κ1) is 12.2. The Morgan fingerprint density at radius 2 is 1.89 bits per heavy atom. The maximum absolute atomic E-state index is 12.5. The molecule has 1 fully saturated rings. The lowest BCUT2D eigenvalue weighted by molar-refractivity contribution is 0.0572. The molecule has 100 valence electrons. The molecule has 0 radical (unpaired) electrons. The molecule has 19 heavy (non-hydrogen) atoms. The highest BCUT2D eigenvalue weighted by molar-refractivity contribution is 6.08. The number of amides is 1. The number of hydrogen-bond acceptors (Lipinski definition) is 3. The van der Waals surface area contributed by atoms with E-state index in [4.69, 9.17) is 0 Å². The minimum Gasteiger partial charge on any atom is -0.388 e. The molecular weight excluding hydrogens is 244 g/mol. The largest absolute Gasteiger partial charge is 0.388 e. The van der Waals surface area contributed by atoms with Gasteiger partial charge in [0.2, 0.25) is 0 Å². The third-order valence-electron chi connectivity index (χ3n) is 3.65. The molecule has 3 rings (SSSR count). The highest BCUT2D eigenvalue weighted by atomic mass is 16.3. The molecule has 2 atom stereocenters. The van der Waals surface area contributed by atoms with Crippen molar-refractivity contribution < 1.29 is 15.0 Å². The van der Waals surface area contributed by atoms with E-state index < -0.39 is 12.2 Å². The second-order valence-corrected chi connectivity index (χ2v) is 5.02. The summed E-state index contributed by atoms with van der Waals surface area (Å²) in [4.78, 5) is 17.2. The number of rotatable bonds is 1. The Bertz CT molecular complexity index is 625. The van der Waals surface area contributed by atoms with E-state index in [0.717, 1.165) is 16.6 Å². The standard InChI is InChI=1S/C14H16N2O3/c1-8-13(9-4-2-3-5-10(9)15-8)14(19)16-6-11(17)12(18)7-16/h2-5,11-12,15,17-18H,6-7H2,1H3/t11-,12+. The lowest BCUT2D eigenvalue weighted by atomic mass is 10.1. The molecular formula is C14H16N2O3. The van der Waals surface area contributed by atoms with E-state index in [2.05, 4.69) is 4.98 Å². The van der Waals surface area contributed by atoms with Gasteiger partial charge in [0, 0.05) is 29.7 Å². The number of para-hydroxylation sites is 1. The molecule has 0 saturated carbocycles. The molecule has 0 aliphatic carbocycles. The fourth-order valence-corrected chi connectivity index (χ4v) is 2.65. The monoisotopic (exact) mass is 260 g/mol. The van der Waals surface area contributed by atoms with E-state index in [1.54, 1.807) is 0 Å². The van der Waals surface area contributed by atoms with Crippen LogP contribution in [0, 0.1) is 6.92 Å². The van der Waals surface area contributed by atoms with Gasteiger partial charge in [-0.15, -0.1) is 0 Å². The van der Waals surface area contributed by atoms with Crippen molar-refractivity contribution in [3.8, 4) is 0 Å². The van der Waals surface area contributed by atoms with Crippen molar-refractivity contribution in [2.45, 2.75) is 19.1 Å². The molecule has 0 unspecified atom stereocenters. The second kappa shape index (κ2) is 4.36. The van der Waals surface area contributed by atoms with E-state index in [0.29, 0.717) is 5.56 Å². The Morgan fingerprint density at radius 3 is 2.58 bits per heavy atom. The number of aliphatic hydroxyl groups excluding tert-OH is 2. The van der Waals surface area contributed by atoms with E-state index in [9.17, 15) is 15.0 Å². The third-order valence-corrected chi connectivity index (χ3v) is 3.65. The van der Waals surface area contributed by atoms with Crippen LogP contribution in [0.4, 0.5) is 0 Å². The predicted molar refractivity (Wildman–Crippen MR) is 71.0 cm³/mol. The maximum atomic E-state index is 12.5. The summed E-state index contributed by atoms with van der Waals surface area (Å²) >= 11 is 0. The molecule has 0 spiro atoms. The number of fused-ring (bicyclic) bond motifs is 1. The van der Waals surface area contributed by atoms with Gasteiger partial charge in [-0.25, -0.2) is 0 Å². The van der Waals surface area contributed by atoms with Gasteiger partial charge in [-0.1, -0.05) is 18.2 Å². The average Bonchev–Trinajstić information content (AvgIpc) is 2.89. The zero-order valence-electron chi connectivity index (χ0n) is 10.6. The zero-order chi connectivity index (χ0) is 13.6. The van der Waals surface area contributed by atoms with Crippen molar-refractivity contribution in [1.29, 1.82) is 0 Å². The van der Waals surface area contributed by atoms with Crippen LogP contribution in [0.2, 0.25) is 0 Å². The van der Waals surface area contributed by atoms with Crippen LogP contribution in [0.25, 0.3) is 10.9 Å². The van der Waals surface area contributed by atoms with Gasteiger partial charge in [-0.2, -0.15) is 0 Å². The number of aromatic amines is 1. The smallest absolute Gasteiger partial charge is 0.256 e. The van der Waals surface area contributed by atoms with Crippen molar-refractivity contribution >= 4 is 16.8 Å². The predicted octanol–water partition coefficient (Wildman–Crippen LogP) is 0.654. The van der Waals surface area contributed by atoms with Crippen molar-refractivity contribution in [3.63, 3.8) is 0 Å². The van der Waals surface area contributed by atoms with E-state index in [1.165, 1.54) is 4.90 Å². The minimum atomic E-state index is -0.852. The molecule has 2 heterocycles. The van der Waals surface area contributed by atoms with Crippen molar-refractivity contribution in [2.24, 2.45) is 0 Å². The highest BCUT2D eigenvalue weighted by Gasteiger charge is 2.34. The summed E-state index contributed by atoms with van der Waals surface area (Å²) in [6.07, 6.45) is -1.70. The molecule has 5 nitrogen and oxygen atoms in total. The molecule has 1 aromatic heterocycles. The van der Waals surface area contributed by atoms with Crippen LogP contribution in [0.15, 0.2) is 24.3 Å². The van der Waals surface area contributed by atoms with Crippen LogP contribution in [-0.2, 0) is 0 Å². The Hall–Kier alpha value is -1.85. The summed E-state index contributed by atoms with van der Waals surface area (Å²) in [6.45, 7) is 2.22. The van der Waals surface area contributed by atoms with Gasteiger partial charge < -0.3 is 20.1 Å². The number of carbonyl (C=O) groups is 1. The Kier molecular flexibility index (Phi) is 2.80. The first-order chi connectivity index (χ1) is 9.08. The number of aryl methyl sites for hydroxylation is 1. The first-order valence-corrected chi connectivity index (χ1v) is 6.30. The summed E-state index contributed by atoms with van der Waals surface area (Å²) in [5.41, 5.74) is 2.35. The number of H-pyrrole nitrogens is 1. The molecule has 3 N–H and O–H groups in total. The SMILES string of the molecule is Cc1[nH]c2ccccc2c1C(=O)N1C[C@@H](O)[C@@H](O)C1. The quantitative estimate of drug-likeness (QED) is 0.704. The number of benzene rings is 1. The molecule has 1 aliphatic rings. The number of nitrogens with zero attached hydrogens (tertiary/aromatic N) is 1. The van der Waals surface area contributed by atoms with Gasteiger partial charge in [-0.05, 0) is 13.0 Å². The number of hydrogen-bond donors (Lipinski definition) is 3. The number of β-amino-alcohol motifs (C(OH)–C–C–N with tert-alkyl or cyclic N) is 2. The van der Waals surface area contributed by atoms with Crippen LogP contribution < -0.4 is 0 Å². The second-order valence-electron chi connectivity index (χ2n) is 5.02. The Labute approximate surface area is 110 Å². The van der Waals surface area contributed by atoms with Gasteiger partial charge in [0.1, 0.15) is 0 Å².